The first-order chi connectivity index (χ1) is 12.8. The van der Waals surface area contributed by atoms with E-state index in [1.54, 1.807) is 16.7 Å². The van der Waals surface area contributed by atoms with Crippen LogP contribution in [0.1, 0.15) is 46.9 Å². The summed E-state index contributed by atoms with van der Waals surface area (Å²) < 4.78 is 1.60. The van der Waals surface area contributed by atoms with Gasteiger partial charge in [-0.3, -0.25) is 9.59 Å². The number of hydrogen-bond donors (Lipinski definition) is 2. The summed E-state index contributed by atoms with van der Waals surface area (Å²) in [6.45, 7) is 6.26. The Kier molecular flexibility index (Phi) is 6.93. The Hall–Kier alpha value is -2.89. The van der Waals surface area contributed by atoms with Gasteiger partial charge in [-0.05, 0) is 37.5 Å². The van der Waals surface area contributed by atoms with Crippen LogP contribution >= 0.6 is 0 Å². The predicted octanol–water partition coefficient (Wildman–Crippen LogP) is 2.69. The maximum Gasteiger partial charge on any atom is 0.326 e. The molecule has 1 aromatic heterocycles. The summed E-state index contributed by atoms with van der Waals surface area (Å²) in [6.07, 6.45) is 1.91. The fourth-order valence-electron chi connectivity index (χ4n) is 2.93. The Morgan fingerprint density at radius 1 is 1.19 bits per heavy atom. The molecule has 0 unspecified atom stereocenters. The van der Waals surface area contributed by atoms with Crippen molar-refractivity contribution in [3.8, 4) is 0 Å². The van der Waals surface area contributed by atoms with Gasteiger partial charge in [0.2, 0.25) is 0 Å². The van der Waals surface area contributed by atoms with Gasteiger partial charge in [0.15, 0.2) is 0 Å². The molecule has 0 bridgehead atoms. The number of nitrogens with one attached hydrogen (secondary N) is 1. The van der Waals surface area contributed by atoms with Gasteiger partial charge in [0.1, 0.15) is 11.6 Å². The van der Waals surface area contributed by atoms with E-state index in [2.05, 4.69) is 5.32 Å². The van der Waals surface area contributed by atoms with Crippen LogP contribution in [-0.4, -0.2) is 27.6 Å². The van der Waals surface area contributed by atoms with Gasteiger partial charge in [-0.15, -0.1) is 0 Å². The SMILES string of the molecule is CCCCn1c(C)c(C)cc(C(=O)N[C@@H](Cc2ccccc2)C(=O)O)c1=O. The summed E-state index contributed by atoms with van der Waals surface area (Å²) in [5.74, 6) is -1.79. The van der Waals surface area contributed by atoms with Crippen LogP contribution in [-0.2, 0) is 17.8 Å². The molecule has 27 heavy (non-hydrogen) atoms. The molecular formula is C21H26N2O4. The number of nitrogens with zero attached hydrogens (tertiary/aromatic N) is 1. The van der Waals surface area contributed by atoms with Crippen molar-refractivity contribution in [2.75, 3.05) is 0 Å². The van der Waals surface area contributed by atoms with Gasteiger partial charge in [0, 0.05) is 18.7 Å². The van der Waals surface area contributed by atoms with Crippen molar-refractivity contribution in [1.82, 2.24) is 9.88 Å². The molecule has 0 aliphatic rings. The first-order valence-corrected chi connectivity index (χ1v) is 9.13. The highest BCUT2D eigenvalue weighted by molar-refractivity contribution is 5.96. The standard InChI is InChI=1S/C21H26N2O4/c1-4-5-11-23-15(3)14(2)12-17(20(23)25)19(24)22-18(21(26)27)13-16-9-7-6-8-10-16/h6-10,12,18H,4-5,11,13H2,1-3H3,(H,22,24)(H,26,27)/t18-/m0/s1. The number of pyridine rings is 1. The lowest BCUT2D eigenvalue weighted by Gasteiger charge is -2.17. The molecule has 2 aromatic rings. The van der Waals surface area contributed by atoms with Crippen LogP contribution in [0, 0.1) is 13.8 Å². The van der Waals surface area contributed by atoms with Crippen LogP contribution < -0.4 is 10.9 Å². The third-order valence-electron chi connectivity index (χ3n) is 4.68. The first-order valence-electron chi connectivity index (χ1n) is 9.13. The first kappa shape index (κ1) is 20.4. The predicted molar refractivity (Wildman–Crippen MR) is 104 cm³/mol. The number of aromatic nitrogens is 1. The third kappa shape index (κ3) is 5.06. The lowest BCUT2D eigenvalue weighted by atomic mass is 10.1. The molecule has 1 aromatic carbocycles. The van der Waals surface area contributed by atoms with Gasteiger partial charge in [-0.2, -0.15) is 0 Å². The molecule has 1 heterocycles. The smallest absolute Gasteiger partial charge is 0.326 e. The van der Waals surface area contributed by atoms with Gasteiger partial charge in [0.25, 0.3) is 11.5 Å². The molecule has 0 saturated carbocycles. The van der Waals surface area contributed by atoms with Gasteiger partial charge in [-0.25, -0.2) is 4.79 Å². The molecule has 0 saturated heterocycles. The van der Waals surface area contributed by atoms with Crippen LogP contribution in [0.5, 0.6) is 0 Å². The number of amides is 1. The van der Waals surface area contributed by atoms with E-state index < -0.39 is 17.9 Å². The number of carboxylic acids is 1. The normalized spacial score (nSPS) is 11.8. The highest BCUT2D eigenvalue weighted by Crippen LogP contribution is 2.09. The molecule has 144 valence electrons. The van der Waals surface area contributed by atoms with Gasteiger partial charge < -0.3 is 15.0 Å². The molecule has 6 heteroatoms. The van der Waals surface area contributed by atoms with Crippen LogP contribution in [0.15, 0.2) is 41.2 Å². The van der Waals surface area contributed by atoms with Crippen molar-refractivity contribution in [2.24, 2.45) is 0 Å². The minimum Gasteiger partial charge on any atom is -0.480 e. The molecule has 0 aliphatic heterocycles. The van der Waals surface area contributed by atoms with E-state index in [4.69, 9.17) is 0 Å². The van der Waals surface area contributed by atoms with E-state index in [0.717, 1.165) is 29.7 Å². The van der Waals surface area contributed by atoms with Crippen molar-refractivity contribution in [3.05, 3.63) is 69.1 Å². The van der Waals surface area contributed by atoms with Crippen LogP contribution in [0.2, 0.25) is 0 Å². The molecule has 0 fully saturated rings. The number of aryl methyl sites for hydroxylation is 1. The van der Waals surface area contributed by atoms with E-state index in [1.807, 2.05) is 39.0 Å². The summed E-state index contributed by atoms with van der Waals surface area (Å²) in [5, 5.41) is 12.0. The summed E-state index contributed by atoms with van der Waals surface area (Å²) in [4.78, 5) is 37.0. The molecule has 1 amide bonds. The Bertz CT molecular complexity index is 872. The topological polar surface area (TPSA) is 88.4 Å². The van der Waals surface area contributed by atoms with Crippen molar-refractivity contribution in [1.29, 1.82) is 0 Å². The number of hydrogen-bond acceptors (Lipinski definition) is 3. The second-order valence-electron chi connectivity index (χ2n) is 6.69. The summed E-state index contributed by atoms with van der Waals surface area (Å²) >= 11 is 0. The van der Waals surface area contributed by atoms with Crippen LogP contribution in [0.3, 0.4) is 0 Å². The Morgan fingerprint density at radius 3 is 2.44 bits per heavy atom. The van der Waals surface area contributed by atoms with Crippen molar-refractivity contribution in [3.63, 3.8) is 0 Å². The number of rotatable bonds is 8. The molecule has 6 nitrogen and oxygen atoms in total. The third-order valence-corrected chi connectivity index (χ3v) is 4.68. The van der Waals surface area contributed by atoms with Crippen molar-refractivity contribution in [2.45, 2.75) is 52.6 Å². The second-order valence-corrected chi connectivity index (χ2v) is 6.69. The van der Waals surface area contributed by atoms with Crippen molar-refractivity contribution < 1.29 is 14.7 Å². The van der Waals surface area contributed by atoms with Gasteiger partial charge in [-0.1, -0.05) is 43.7 Å². The van der Waals surface area contributed by atoms with E-state index in [9.17, 15) is 19.5 Å². The number of carbonyl (C=O) groups is 2. The number of aliphatic carboxylic acids is 1. The summed E-state index contributed by atoms with van der Waals surface area (Å²) in [7, 11) is 0. The maximum atomic E-state index is 12.8. The largest absolute Gasteiger partial charge is 0.480 e. The Morgan fingerprint density at radius 2 is 1.85 bits per heavy atom. The van der Waals surface area contributed by atoms with Crippen molar-refractivity contribution >= 4 is 11.9 Å². The lowest BCUT2D eigenvalue weighted by molar-refractivity contribution is -0.139. The second kappa shape index (κ2) is 9.16. The zero-order valence-electron chi connectivity index (χ0n) is 16.0. The molecule has 0 spiro atoms. The zero-order valence-corrected chi connectivity index (χ0v) is 16.0. The van der Waals surface area contributed by atoms with Crippen LogP contribution in [0.4, 0.5) is 0 Å². The molecule has 2 rings (SSSR count). The lowest BCUT2D eigenvalue weighted by Crippen LogP contribution is -2.44. The number of carboxylic acid groups (broad SMARTS) is 1. The minimum atomic E-state index is -1.14. The molecule has 1 atom stereocenters. The summed E-state index contributed by atoms with van der Waals surface area (Å²) in [6, 6.07) is 9.50. The Labute approximate surface area is 158 Å². The van der Waals surface area contributed by atoms with E-state index >= 15 is 0 Å². The van der Waals surface area contributed by atoms with E-state index in [0.29, 0.717) is 6.54 Å². The fourth-order valence-corrected chi connectivity index (χ4v) is 2.93. The number of benzene rings is 1. The Balaban J connectivity index is 2.29. The molecular weight excluding hydrogens is 344 g/mol. The summed E-state index contributed by atoms with van der Waals surface area (Å²) in [5.41, 5.74) is 2.04. The fraction of sp³-hybridized carbons (Fsp3) is 0.381. The molecule has 0 radical (unpaired) electrons. The quantitative estimate of drug-likeness (QED) is 0.748. The minimum absolute atomic E-state index is 0.0199. The average molecular weight is 370 g/mol. The molecule has 0 aliphatic carbocycles. The zero-order chi connectivity index (χ0) is 20.0. The number of unbranched alkanes of at least 4 members (excludes halogenated alkanes) is 1. The highest BCUT2D eigenvalue weighted by atomic mass is 16.4. The molecule has 2 N–H and O–H groups in total. The van der Waals surface area contributed by atoms with E-state index in [1.165, 1.54) is 6.07 Å². The monoisotopic (exact) mass is 370 g/mol. The van der Waals surface area contributed by atoms with Gasteiger partial charge >= 0.3 is 5.97 Å². The highest BCUT2D eigenvalue weighted by Gasteiger charge is 2.23. The average Bonchev–Trinajstić information content (AvgIpc) is 2.64. The maximum absolute atomic E-state index is 12.8. The van der Waals surface area contributed by atoms with E-state index in [-0.39, 0.29) is 17.5 Å². The van der Waals surface area contributed by atoms with Crippen LogP contribution in [0.25, 0.3) is 0 Å². The number of carbonyl (C=O) groups excluding carboxylic acids is 1. The van der Waals surface area contributed by atoms with Gasteiger partial charge in [0.05, 0.1) is 0 Å².